The number of benzene rings is 1. The summed E-state index contributed by atoms with van der Waals surface area (Å²) in [5, 5.41) is 69.6. The van der Waals surface area contributed by atoms with Crippen LogP contribution in [0, 0.1) is 0 Å². The molecule has 3 aromatic rings. The molecule has 1 aliphatic heterocycles. The number of amides is 5. The van der Waals surface area contributed by atoms with E-state index in [1.165, 1.54) is 12.3 Å². The zero-order valence-electron chi connectivity index (χ0n) is 40.5. The van der Waals surface area contributed by atoms with E-state index in [2.05, 4.69) is 36.6 Å². The molecule has 27 nitrogen and oxygen atoms in total. The Morgan fingerprint density at radius 2 is 1.09 bits per heavy atom. The van der Waals surface area contributed by atoms with Crippen LogP contribution in [-0.2, 0) is 51.3 Å². The summed E-state index contributed by atoms with van der Waals surface area (Å²) in [4.78, 5) is 137. The van der Waals surface area contributed by atoms with Crippen molar-refractivity contribution in [2.24, 2.45) is 0 Å². The third-order valence-electron chi connectivity index (χ3n) is 11.7. The number of nitrogens with zero attached hydrogens (tertiary/aromatic N) is 6. The van der Waals surface area contributed by atoms with Gasteiger partial charge in [-0.05, 0) is 49.4 Å². The first kappa shape index (κ1) is 58.7. The molecule has 0 unspecified atom stereocenters. The largest absolute Gasteiger partial charge is 0.481 e. The molecule has 0 radical (unpaired) electrons. The van der Waals surface area contributed by atoms with Gasteiger partial charge in [-0.25, -0.2) is 14.4 Å². The summed E-state index contributed by atoms with van der Waals surface area (Å²) >= 11 is 0. The van der Waals surface area contributed by atoms with E-state index >= 15 is 0 Å². The third kappa shape index (κ3) is 21.9. The number of hydrogen-bond donors (Lipinski definition) is 11. The summed E-state index contributed by atoms with van der Waals surface area (Å²) < 4.78 is 0. The number of aromatic nitrogens is 2. The van der Waals surface area contributed by atoms with Gasteiger partial charge in [0, 0.05) is 95.6 Å². The number of para-hydroxylation sites is 1. The van der Waals surface area contributed by atoms with Crippen molar-refractivity contribution in [2.75, 3.05) is 85.1 Å². The molecule has 11 N–H and O–H groups in total. The van der Waals surface area contributed by atoms with Crippen molar-refractivity contribution < 1.29 is 78.6 Å². The molecule has 27 heteroatoms. The minimum absolute atomic E-state index is 0.00613. The van der Waals surface area contributed by atoms with Crippen LogP contribution in [0.15, 0.2) is 54.7 Å². The lowest BCUT2D eigenvalue weighted by molar-refractivity contribution is -0.141. The Morgan fingerprint density at radius 1 is 0.554 bits per heavy atom. The Labute approximate surface area is 424 Å². The molecule has 0 bridgehead atoms. The average Bonchev–Trinajstić information content (AvgIpc) is 3.34. The van der Waals surface area contributed by atoms with Crippen molar-refractivity contribution in [1.82, 2.24) is 56.2 Å². The number of aliphatic carboxylic acids is 6. The van der Waals surface area contributed by atoms with E-state index in [4.69, 9.17) is 5.11 Å². The van der Waals surface area contributed by atoms with E-state index < -0.39 is 90.5 Å². The highest BCUT2D eigenvalue weighted by Gasteiger charge is 2.27. The van der Waals surface area contributed by atoms with E-state index in [1.54, 1.807) is 43.9 Å². The molecule has 0 aliphatic carbocycles. The minimum Gasteiger partial charge on any atom is -0.481 e. The van der Waals surface area contributed by atoms with Gasteiger partial charge in [-0.2, -0.15) is 0 Å². The lowest BCUT2D eigenvalue weighted by atomic mass is 10.1. The average molecular weight is 1040 g/mol. The number of pyridine rings is 2. The summed E-state index contributed by atoms with van der Waals surface area (Å²) in [7, 11) is 0. The predicted octanol–water partition coefficient (Wildman–Crippen LogP) is -1.58. The van der Waals surface area contributed by atoms with E-state index in [-0.39, 0.29) is 123 Å². The number of carbonyl (C=O) groups is 10. The maximum atomic E-state index is 13.7. The zero-order valence-corrected chi connectivity index (χ0v) is 40.5. The van der Waals surface area contributed by atoms with Gasteiger partial charge in [0.15, 0.2) is 0 Å². The minimum atomic E-state index is -1.57. The number of hydrogen-bond acceptors (Lipinski definition) is 16. The lowest BCUT2D eigenvalue weighted by Gasteiger charge is -2.32. The number of carboxylic acid groups (broad SMARTS) is 6. The zero-order chi connectivity index (χ0) is 54.2. The Kier molecular flexibility index (Phi) is 24.0. The molecule has 5 amide bonds. The molecule has 402 valence electrons. The number of urea groups is 1. The lowest BCUT2D eigenvalue weighted by Crippen LogP contribution is -2.51. The molecular weight excluding hydrogens is 975 g/mol. The smallest absolute Gasteiger partial charge is 0.326 e. The molecule has 3 atom stereocenters. The van der Waals surface area contributed by atoms with Crippen LogP contribution in [0.25, 0.3) is 10.9 Å². The van der Waals surface area contributed by atoms with Gasteiger partial charge in [0.1, 0.15) is 23.8 Å². The van der Waals surface area contributed by atoms with Crippen LogP contribution in [-0.4, -0.2) is 223 Å². The second-order valence-electron chi connectivity index (χ2n) is 17.5. The highest BCUT2D eigenvalue weighted by atomic mass is 16.4. The molecule has 3 heterocycles. The van der Waals surface area contributed by atoms with E-state index in [0.717, 1.165) is 5.39 Å². The van der Waals surface area contributed by atoms with E-state index in [0.29, 0.717) is 16.8 Å². The fourth-order valence-electron chi connectivity index (χ4n) is 7.73. The number of fused-ring (bicyclic) bond motifs is 1. The van der Waals surface area contributed by atoms with Crippen molar-refractivity contribution >= 4 is 70.5 Å². The molecule has 1 aromatic carbocycles. The second-order valence-corrected chi connectivity index (χ2v) is 17.5. The predicted molar refractivity (Wildman–Crippen MR) is 260 cm³/mol. The maximum Gasteiger partial charge on any atom is 0.326 e. The molecular formula is C47H63N11O16. The molecule has 74 heavy (non-hydrogen) atoms. The molecule has 4 rings (SSSR count). The highest BCUT2D eigenvalue weighted by Crippen LogP contribution is 2.14. The van der Waals surface area contributed by atoms with Gasteiger partial charge in [-0.3, -0.25) is 63.1 Å². The van der Waals surface area contributed by atoms with Crippen LogP contribution in [0.1, 0.15) is 53.8 Å². The molecule has 1 fully saturated rings. The Bertz CT molecular complexity index is 2410. The van der Waals surface area contributed by atoms with Crippen molar-refractivity contribution in [1.29, 1.82) is 0 Å². The molecule has 1 aliphatic rings. The fraction of sp³-hybridized carbons (Fsp3) is 0.489. The van der Waals surface area contributed by atoms with Gasteiger partial charge in [-0.15, -0.1) is 0 Å². The number of nitrogens with one attached hydrogen (secondary N) is 5. The van der Waals surface area contributed by atoms with Gasteiger partial charge >= 0.3 is 41.8 Å². The monoisotopic (exact) mass is 1040 g/mol. The number of rotatable bonds is 27. The van der Waals surface area contributed by atoms with Crippen LogP contribution in [0.2, 0.25) is 0 Å². The molecule has 1 saturated heterocycles. The summed E-state index contributed by atoms with van der Waals surface area (Å²) in [6.45, 7) is 0.832. The first-order valence-electron chi connectivity index (χ1n) is 23.7. The summed E-state index contributed by atoms with van der Waals surface area (Å²) in [6, 6.07) is 8.53. The Morgan fingerprint density at radius 3 is 1.61 bits per heavy atom. The van der Waals surface area contributed by atoms with Crippen molar-refractivity contribution in [2.45, 2.75) is 63.2 Å². The van der Waals surface area contributed by atoms with Crippen LogP contribution in [0.5, 0.6) is 0 Å². The van der Waals surface area contributed by atoms with Crippen LogP contribution in [0.4, 0.5) is 4.79 Å². The van der Waals surface area contributed by atoms with E-state index in [1.807, 2.05) is 18.2 Å². The first-order valence-corrected chi connectivity index (χ1v) is 23.7. The molecule has 2 aromatic heterocycles. The van der Waals surface area contributed by atoms with Gasteiger partial charge < -0.3 is 57.2 Å². The van der Waals surface area contributed by atoms with Crippen LogP contribution in [0.3, 0.4) is 0 Å². The molecule has 0 saturated carbocycles. The highest BCUT2D eigenvalue weighted by molar-refractivity contribution is 5.96. The van der Waals surface area contributed by atoms with Gasteiger partial charge in [0.25, 0.3) is 5.91 Å². The summed E-state index contributed by atoms with van der Waals surface area (Å²) in [6.07, 6.45) is 0.665. The van der Waals surface area contributed by atoms with E-state index in [9.17, 15) is 73.5 Å². The van der Waals surface area contributed by atoms with Gasteiger partial charge in [-0.1, -0.05) is 30.3 Å². The summed E-state index contributed by atoms with van der Waals surface area (Å²) in [5.74, 6) is -9.11. The third-order valence-corrected chi connectivity index (χ3v) is 11.7. The van der Waals surface area contributed by atoms with Crippen molar-refractivity contribution in [3.63, 3.8) is 0 Å². The normalized spacial score (nSPS) is 15.5. The number of carboxylic acids is 6. The van der Waals surface area contributed by atoms with Gasteiger partial charge in [0.2, 0.25) is 11.8 Å². The summed E-state index contributed by atoms with van der Waals surface area (Å²) in [5.41, 5.74) is 1.60. The topological polar surface area (TPSA) is 391 Å². The van der Waals surface area contributed by atoms with Crippen LogP contribution >= 0.6 is 0 Å². The standard InChI is InChI=1S/C47H63N11O16/c59-38(26-55-15-17-56(27-40(62)63)19-21-58(29-42(66)67)22-20-57(18-16-55)28-41(64)65)50-25-30-8-11-34(49-24-30)44(69)52-37(23-32-10-9-31-5-1-2-6-33(31)51-32)43(68)48-14-4-3-7-35(45(70)71)53-47(74)54-36(46(72)73)12-13-39(60)61/h1-2,5-6,8-11,24,35-37H,3-4,7,12-23,25-29H2,(H,48,68)(H,50,59)(H,52,69)(H,60,61)(H,62,63)(H,64,65)(H,66,67)(H,70,71)(H,72,73)(H2,53,54,74)/t35-,36-,37-/m0/s1. The van der Waals surface area contributed by atoms with Gasteiger partial charge in [0.05, 0.1) is 31.7 Å². The second kappa shape index (κ2) is 30.2. The Balaban J connectivity index is 1.35. The first-order chi connectivity index (χ1) is 35.2. The van der Waals surface area contributed by atoms with Crippen molar-refractivity contribution in [3.05, 3.63) is 71.7 Å². The van der Waals surface area contributed by atoms with Crippen molar-refractivity contribution in [3.8, 4) is 0 Å². The number of unbranched alkanes of at least 4 members (excludes halogenated alkanes) is 1. The van der Waals surface area contributed by atoms with Crippen LogP contribution < -0.4 is 26.6 Å². The molecule has 0 spiro atoms. The number of carbonyl (C=O) groups excluding carboxylic acids is 4. The Hall–Kier alpha value is -7.88. The quantitative estimate of drug-likeness (QED) is 0.0384. The SMILES string of the molecule is O=C(O)CC[C@H](NC(=O)N[C@@H](CCCCNC(=O)[C@H](Cc1ccc2ccccc2n1)NC(=O)c1ccc(CNC(=O)CN2CCN(CC(=O)O)CCN(CC(=O)O)CCN(CC(=O)O)CC2)cn1)C(=O)O)C(=O)O. The maximum absolute atomic E-state index is 13.7. The fourth-order valence-corrected chi connectivity index (χ4v) is 7.73.